The summed E-state index contributed by atoms with van der Waals surface area (Å²) in [6.45, 7) is 5.98. The normalized spacial score (nSPS) is 16.0. The summed E-state index contributed by atoms with van der Waals surface area (Å²) < 4.78 is 11.1. The first-order chi connectivity index (χ1) is 10.0. The monoisotopic (exact) mass is 289 g/mol. The summed E-state index contributed by atoms with van der Waals surface area (Å²) >= 11 is 0. The Morgan fingerprint density at radius 1 is 1.38 bits per heavy atom. The lowest BCUT2D eigenvalue weighted by Gasteiger charge is -2.31. The highest BCUT2D eigenvalue weighted by molar-refractivity contribution is 6.32. The number of hydrogen-bond acceptors (Lipinski definition) is 3. The molecule has 4 nitrogen and oxygen atoms in total. The summed E-state index contributed by atoms with van der Waals surface area (Å²) in [7, 11) is 2.06. The van der Waals surface area contributed by atoms with Crippen molar-refractivity contribution in [2.75, 3.05) is 19.7 Å². The first-order valence-electron chi connectivity index (χ1n) is 7.69. The van der Waals surface area contributed by atoms with Crippen molar-refractivity contribution >= 4 is 19.4 Å². The largest absolute Gasteiger partial charge is 0.493 e. The summed E-state index contributed by atoms with van der Waals surface area (Å²) in [6, 6.07) is 8.11. The summed E-state index contributed by atoms with van der Waals surface area (Å²) in [4.78, 5) is 13.6. The van der Waals surface area contributed by atoms with E-state index in [9.17, 15) is 4.79 Å². The molecule has 1 aromatic carbocycles. The molecule has 0 N–H and O–H groups in total. The number of ether oxygens (including phenoxy) is 2. The van der Waals surface area contributed by atoms with Crippen molar-refractivity contribution in [1.82, 2.24) is 4.90 Å². The van der Waals surface area contributed by atoms with Crippen LogP contribution in [0.3, 0.4) is 0 Å². The second-order valence-corrected chi connectivity index (χ2v) is 5.99. The maximum Gasteiger partial charge on any atom is 0.410 e. The fraction of sp³-hybridized carbons (Fsp3) is 0.562. The van der Waals surface area contributed by atoms with Crippen molar-refractivity contribution in [2.24, 2.45) is 5.92 Å². The molecule has 0 radical (unpaired) electrons. The van der Waals surface area contributed by atoms with E-state index >= 15 is 0 Å². The van der Waals surface area contributed by atoms with E-state index in [0.29, 0.717) is 5.92 Å². The van der Waals surface area contributed by atoms with E-state index in [-0.39, 0.29) is 12.2 Å². The molecule has 21 heavy (non-hydrogen) atoms. The Balaban J connectivity index is 1.73. The lowest BCUT2D eigenvalue weighted by atomic mass is 9.96. The van der Waals surface area contributed by atoms with Gasteiger partial charge < -0.3 is 14.4 Å². The maximum atomic E-state index is 11.8. The number of carbonyl (C=O) groups excluding carboxylic acids is 1. The summed E-state index contributed by atoms with van der Waals surface area (Å²) in [6.07, 6.45) is 1.70. The molecule has 0 saturated carbocycles. The van der Waals surface area contributed by atoms with Gasteiger partial charge in [0.15, 0.2) is 0 Å². The molecular formula is C16H24BNO3. The van der Waals surface area contributed by atoms with Gasteiger partial charge in [0.1, 0.15) is 13.6 Å². The van der Waals surface area contributed by atoms with Gasteiger partial charge in [0, 0.05) is 13.1 Å². The maximum absolute atomic E-state index is 11.8. The van der Waals surface area contributed by atoms with E-state index in [1.165, 1.54) is 5.46 Å². The fourth-order valence-electron chi connectivity index (χ4n) is 2.48. The third-order valence-electron chi connectivity index (χ3n) is 3.68. The van der Waals surface area contributed by atoms with Gasteiger partial charge in [0.05, 0.1) is 12.7 Å². The Morgan fingerprint density at radius 2 is 2.10 bits per heavy atom. The first kappa shape index (κ1) is 15.7. The van der Waals surface area contributed by atoms with Crippen LogP contribution in [0.5, 0.6) is 5.75 Å². The van der Waals surface area contributed by atoms with Gasteiger partial charge in [-0.2, -0.15) is 0 Å². The minimum absolute atomic E-state index is 0.0557. The van der Waals surface area contributed by atoms with E-state index in [4.69, 9.17) is 9.47 Å². The number of amides is 1. The zero-order chi connectivity index (χ0) is 15.2. The van der Waals surface area contributed by atoms with Gasteiger partial charge in [0.2, 0.25) is 0 Å². The molecule has 1 fully saturated rings. The Labute approximate surface area is 127 Å². The number of benzene rings is 1. The minimum atomic E-state index is -0.192. The second-order valence-electron chi connectivity index (χ2n) is 5.99. The number of rotatable bonds is 4. The lowest BCUT2D eigenvalue weighted by molar-refractivity contribution is 0.0608. The van der Waals surface area contributed by atoms with Crippen molar-refractivity contribution in [1.29, 1.82) is 0 Å². The van der Waals surface area contributed by atoms with Gasteiger partial charge in [-0.05, 0) is 44.7 Å². The van der Waals surface area contributed by atoms with Crippen LogP contribution in [0.4, 0.5) is 4.79 Å². The van der Waals surface area contributed by atoms with Gasteiger partial charge in [-0.3, -0.25) is 0 Å². The smallest absolute Gasteiger partial charge is 0.410 e. The average molecular weight is 289 g/mol. The zero-order valence-electron chi connectivity index (χ0n) is 13.2. The topological polar surface area (TPSA) is 38.8 Å². The van der Waals surface area contributed by atoms with E-state index in [1.807, 2.05) is 26.0 Å². The summed E-state index contributed by atoms with van der Waals surface area (Å²) in [5.74, 6) is 1.44. The molecule has 0 atom stereocenters. The van der Waals surface area contributed by atoms with Gasteiger partial charge >= 0.3 is 6.09 Å². The molecule has 1 saturated heterocycles. The molecule has 1 aliphatic heterocycles. The first-order valence-corrected chi connectivity index (χ1v) is 7.69. The Morgan fingerprint density at radius 3 is 2.71 bits per heavy atom. The van der Waals surface area contributed by atoms with Gasteiger partial charge in [-0.1, -0.05) is 17.6 Å². The second kappa shape index (κ2) is 7.39. The number of carbonyl (C=O) groups is 1. The van der Waals surface area contributed by atoms with Crippen LogP contribution in [-0.4, -0.2) is 44.6 Å². The van der Waals surface area contributed by atoms with Crippen molar-refractivity contribution in [3.8, 4) is 5.75 Å². The van der Waals surface area contributed by atoms with Crippen LogP contribution in [0.1, 0.15) is 26.7 Å². The molecule has 0 unspecified atom stereocenters. The van der Waals surface area contributed by atoms with E-state index < -0.39 is 0 Å². The third kappa shape index (κ3) is 4.99. The van der Waals surface area contributed by atoms with Crippen LogP contribution >= 0.6 is 0 Å². The molecule has 114 valence electrons. The highest BCUT2D eigenvalue weighted by atomic mass is 16.6. The number of piperidine rings is 1. The van der Waals surface area contributed by atoms with Crippen LogP contribution < -0.4 is 10.2 Å². The highest BCUT2D eigenvalue weighted by Crippen LogP contribution is 2.19. The molecule has 1 aromatic rings. The van der Waals surface area contributed by atoms with E-state index in [1.54, 1.807) is 4.90 Å². The molecule has 1 aliphatic rings. The predicted octanol–water partition coefficient (Wildman–Crippen LogP) is 1.58. The molecule has 0 bridgehead atoms. The van der Waals surface area contributed by atoms with Gasteiger partial charge in [-0.15, -0.1) is 0 Å². The van der Waals surface area contributed by atoms with Crippen LogP contribution in [0.15, 0.2) is 24.3 Å². The molecule has 1 amide bonds. The fourth-order valence-corrected chi connectivity index (χ4v) is 2.48. The number of hydrogen-bond donors (Lipinski definition) is 0. The molecule has 0 spiro atoms. The minimum Gasteiger partial charge on any atom is -0.493 e. The van der Waals surface area contributed by atoms with Crippen molar-refractivity contribution in [3.63, 3.8) is 0 Å². The molecule has 5 heteroatoms. The molecule has 2 rings (SSSR count). The van der Waals surface area contributed by atoms with Crippen LogP contribution in [0.2, 0.25) is 0 Å². The average Bonchev–Trinajstić information content (AvgIpc) is 2.45. The summed E-state index contributed by atoms with van der Waals surface area (Å²) in [5, 5.41) is 0. The van der Waals surface area contributed by atoms with E-state index in [2.05, 4.69) is 20.0 Å². The molecule has 1 heterocycles. The number of nitrogens with zero attached hydrogens (tertiary/aromatic N) is 1. The number of likely N-dealkylation sites (tertiary alicyclic amines) is 1. The van der Waals surface area contributed by atoms with Gasteiger partial charge in [0.25, 0.3) is 0 Å². The Kier molecular flexibility index (Phi) is 5.54. The predicted molar refractivity (Wildman–Crippen MR) is 86.0 cm³/mol. The van der Waals surface area contributed by atoms with Crippen LogP contribution in [0.25, 0.3) is 0 Å². The Hall–Kier alpha value is -1.65. The van der Waals surface area contributed by atoms with Gasteiger partial charge in [-0.25, -0.2) is 4.79 Å². The molecule has 0 aromatic heterocycles. The van der Waals surface area contributed by atoms with Crippen LogP contribution in [-0.2, 0) is 4.74 Å². The lowest BCUT2D eigenvalue weighted by Crippen LogP contribution is -2.40. The highest BCUT2D eigenvalue weighted by Gasteiger charge is 2.24. The molecular weight excluding hydrogens is 265 g/mol. The SMILES string of the molecule is Bc1cccc(OCC2CCN(C(=O)OC(C)C)CC2)c1. The zero-order valence-corrected chi connectivity index (χ0v) is 13.2. The van der Waals surface area contributed by atoms with Crippen molar-refractivity contribution < 1.29 is 14.3 Å². The quantitative estimate of drug-likeness (QED) is 0.790. The standard InChI is InChI=1S/C16H24BNO3/c1-12(2)21-16(19)18-8-6-13(7-9-18)11-20-15-5-3-4-14(17)10-15/h3-5,10,12-13H,6-9,11,17H2,1-2H3. The Bertz CT molecular complexity index is 470. The molecule has 0 aliphatic carbocycles. The third-order valence-corrected chi connectivity index (χ3v) is 3.68. The van der Waals surface area contributed by atoms with E-state index in [0.717, 1.165) is 38.3 Å². The summed E-state index contributed by atoms with van der Waals surface area (Å²) in [5.41, 5.74) is 1.21. The van der Waals surface area contributed by atoms with Crippen molar-refractivity contribution in [2.45, 2.75) is 32.8 Å². The van der Waals surface area contributed by atoms with Crippen LogP contribution in [0, 0.1) is 5.92 Å². The van der Waals surface area contributed by atoms with Crippen molar-refractivity contribution in [3.05, 3.63) is 24.3 Å².